The van der Waals surface area contributed by atoms with Crippen molar-refractivity contribution in [3.05, 3.63) is 51.2 Å². The first-order chi connectivity index (χ1) is 9.11. The van der Waals surface area contributed by atoms with Gasteiger partial charge in [-0.25, -0.2) is 0 Å². The lowest BCUT2D eigenvalue weighted by atomic mass is 10.1. The molecule has 1 aromatic heterocycles. The molecule has 100 valence electrons. The average Bonchev–Trinajstić information content (AvgIpc) is 2.86. The number of rotatable bonds is 4. The average molecular weight is 275 g/mol. The Kier molecular flexibility index (Phi) is 4.22. The van der Waals surface area contributed by atoms with Gasteiger partial charge in [-0.05, 0) is 48.1 Å². The van der Waals surface area contributed by atoms with Crippen molar-refractivity contribution >= 4 is 17.2 Å². The molecule has 0 aliphatic carbocycles. The van der Waals surface area contributed by atoms with Crippen molar-refractivity contribution in [2.24, 2.45) is 0 Å². The van der Waals surface area contributed by atoms with Crippen LogP contribution in [0.25, 0.3) is 0 Å². The second kappa shape index (κ2) is 5.89. The standard InChI is InChI=1S/C15H17NO2S/c1-3-11-6-7-19-14(11)9-16-15(18)12-5-4-10(2)13(17)8-12/h4-8,17H,3,9H2,1-2H3,(H,16,18). The van der Waals surface area contributed by atoms with Gasteiger partial charge < -0.3 is 10.4 Å². The van der Waals surface area contributed by atoms with E-state index >= 15 is 0 Å². The molecule has 0 bridgehead atoms. The smallest absolute Gasteiger partial charge is 0.251 e. The highest BCUT2D eigenvalue weighted by atomic mass is 32.1. The van der Waals surface area contributed by atoms with Gasteiger partial charge in [-0.3, -0.25) is 4.79 Å². The summed E-state index contributed by atoms with van der Waals surface area (Å²) in [5, 5.41) is 14.5. The number of carbonyl (C=O) groups excluding carboxylic acids is 1. The zero-order valence-corrected chi connectivity index (χ0v) is 11.9. The van der Waals surface area contributed by atoms with Gasteiger partial charge in [0.25, 0.3) is 5.91 Å². The van der Waals surface area contributed by atoms with Crippen LogP contribution in [0.15, 0.2) is 29.6 Å². The van der Waals surface area contributed by atoms with Crippen LogP contribution in [0.5, 0.6) is 5.75 Å². The summed E-state index contributed by atoms with van der Waals surface area (Å²) in [6, 6.07) is 7.05. The van der Waals surface area contributed by atoms with Crippen LogP contribution in [0.4, 0.5) is 0 Å². The van der Waals surface area contributed by atoms with E-state index in [1.807, 2.05) is 5.38 Å². The molecular formula is C15H17NO2S. The molecule has 1 aromatic carbocycles. The molecular weight excluding hydrogens is 258 g/mol. The molecule has 1 heterocycles. The van der Waals surface area contributed by atoms with E-state index in [0.717, 1.165) is 12.0 Å². The van der Waals surface area contributed by atoms with Crippen molar-refractivity contribution in [2.45, 2.75) is 26.8 Å². The number of phenols is 1. The van der Waals surface area contributed by atoms with Crippen LogP contribution in [-0.2, 0) is 13.0 Å². The second-order valence-electron chi connectivity index (χ2n) is 4.41. The number of hydrogen-bond acceptors (Lipinski definition) is 3. The maximum absolute atomic E-state index is 12.0. The zero-order valence-electron chi connectivity index (χ0n) is 11.1. The van der Waals surface area contributed by atoms with E-state index in [9.17, 15) is 9.90 Å². The fourth-order valence-corrected chi connectivity index (χ4v) is 2.77. The number of carbonyl (C=O) groups is 1. The highest BCUT2D eigenvalue weighted by Gasteiger charge is 2.09. The first-order valence-electron chi connectivity index (χ1n) is 6.25. The molecule has 4 heteroatoms. The van der Waals surface area contributed by atoms with E-state index in [2.05, 4.69) is 18.3 Å². The normalized spacial score (nSPS) is 10.4. The Morgan fingerprint density at radius 2 is 2.16 bits per heavy atom. The topological polar surface area (TPSA) is 49.3 Å². The Balaban J connectivity index is 2.03. The van der Waals surface area contributed by atoms with E-state index in [-0.39, 0.29) is 11.7 Å². The summed E-state index contributed by atoms with van der Waals surface area (Å²) in [6.45, 7) is 4.44. The first-order valence-corrected chi connectivity index (χ1v) is 7.13. The fourth-order valence-electron chi connectivity index (χ4n) is 1.85. The van der Waals surface area contributed by atoms with Crippen LogP contribution >= 0.6 is 11.3 Å². The Labute approximate surface area is 116 Å². The summed E-state index contributed by atoms with van der Waals surface area (Å²) in [4.78, 5) is 13.2. The summed E-state index contributed by atoms with van der Waals surface area (Å²) >= 11 is 1.65. The quantitative estimate of drug-likeness (QED) is 0.900. The number of phenolic OH excluding ortho intramolecular Hbond substituents is 1. The van der Waals surface area contributed by atoms with Gasteiger partial charge in [-0.15, -0.1) is 11.3 Å². The number of aryl methyl sites for hydroxylation is 2. The van der Waals surface area contributed by atoms with Crippen LogP contribution in [0.2, 0.25) is 0 Å². The predicted molar refractivity (Wildman–Crippen MR) is 77.7 cm³/mol. The third-order valence-corrected chi connectivity index (χ3v) is 4.06. The lowest BCUT2D eigenvalue weighted by Gasteiger charge is -2.07. The number of thiophene rings is 1. The van der Waals surface area contributed by atoms with Crippen LogP contribution in [0.3, 0.4) is 0 Å². The fraction of sp³-hybridized carbons (Fsp3) is 0.267. The monoisotopic (exact) mass is 275 g/mol. The minimum atomic E-state index is -0.161. The number of nitrogens with one attached hydrogen (secondary N) is 1. The van der Waals surface area contributed by atoms with Gasteiger partial charge in [-0.2, -0.15) is 0 Å². The molecule has 1 amide bonds. The Bertz CT molecular complexity index is 590. The van der Waals surface area contributed by atoms with Gasteiger partial charge in [-0.1, -0.05) is 13.0 Å². The number of amides is 1. The van der Waals surface area contributed by atoms with Crippen LogP contribution in [0.1, 0.15) is 33.3 Å². The van der Waals surface area contributed by atoms with Crippen molar-refractivity contribution in [3.8, 4) is 5.75 Å². The van der Waals surface area contributed by atoms with Gasteiger partial charge in [0.2, 0.25) is 0 Å². The van der Waals surface area contributed by atoms with Crippen LogP contribution < -0.4 is 5.32 Å². The molecule has 19 heavy (non-hydrogen) atoms. The summed E-state index contributed by atoms with van der Waals surface area (Å²) in [6.07, 6.45) is 0.972. The summed E-state index contributed by atoms with van der Waals surface area (Å²) < 4.78 is 0. The van der Waals surface area contributed by atoms with E-state index < -0.39 is 0 Å². The molecule has 0 aliphatic heterocycles. The SMILES string of the molecule is CCc1ccsc1CNC(=O)c1ccc(C)c(O)c1. The largest absolute Gasteiger partial charge is 0.508 e. The van der Waals surface area contributed by atoms with Crippen molar-refractivity contribution in [1.29, 1.82) is 0 Å². The molecule has 3 nitrogen and oxygen atoms in total. The summed E-state index contributed by atoms with van der Waals surface area (Å²) in [7, 11) is 0. The Morgan fingerprint density at radius 3 is 2.84 bits per heavy atom. The maximum Gasteiger partial charge on any atom is 0.251 e. The Morgan fingerprint density at radius 1 is 1.37 bits per heavy atom. The van der Waals surface area contributed by atoms with Gasteiger partial charge >= 0.3 is 0 Å². The lowest BCUT2D eigenvalue weighted by Crippen LogP contribution is -2.22. The van der Waals surface area contributed by atoms with Gasteiger partial charge in [0.1, 0.15) is 5.75 Å². The second-order valence-corrected chi connectivity index (χ2v) is 5.41. The number of aromatic hydroxyl groups is 1. The Hall–Kier alpha value is -1.81. The molecule has 0 fully saturated rings. The van der Waals surface area contributed by atoms with E-state index in [4.69, 9.17) is 0 Å². The van der Waals surface area contributed by atoms with E-state index in [1.165, 1.54) is 16.5 Å². The van der Waals surface area contributed by atoms with Crippen LogP contribution in [0, 0.1) is 6.92 Å². The minimum Gasteiger partial charge on any atom is -0.508 e. The van der Waals surface area contributed by atoms with E-state index in [0.29, 0.717) is 12.1 Å². The third-order valence-electron chi connectivity index (χ3n) is 3.10. The molecule has 0 saturated carbocycles. The minimum absolute atomic E-state index is 0.151. The van der Waals surface area contributed by atoms with Crippen molar-refractivity contribution in [1.82, 2.24) is 5.32 Å². The van der Waals surface area contributed by atoms with Crippen molar-refractivity contribution < 1.29 is 9.90 Å². The molecule has 2 rings (SSSR count). The van der Waals surface area contributed by atoms with Crippen molar-refractivity contribution in [3.63, 3.8) is 0 Å². The van der Waals surface area contributed by atoms with Crippen molar-refractivity contribution in [2.75, 3.05) is 0 Å². The van der Waals surface area contributed by atoms with Crippen LogP contribution in [-0.4, -0.2) is 11.0 Å². The van der Waals surface area contributed by atoms with Gasteiger partial charge in [0.05, 0.1) is 6.54 Å². The maximum atomic E-state index is 12.0. The summed E-state index contributed by atoms with van der Waals surface area (Å²) in [5.41, 5.74) is 2.53. The highest BCUT2D eigenvalue weighted by molar-refractivity contribution is 7.10. The predicted octanol–water partition coefficient (Wildman–Crippen LogP) is 3.25. The molecule has 0 radical (unpaired) electrons. The molecule has 0 unspecified atom stereocenters. The first kappa shape index (κ1) is 13.6. The number of hydrogen-bond donors (Lipinski definition) is 2. The molecule has 0 atom stereocenters. The zero-order chi connectivity index (χ0) is 13.8. The van der Waals surface area contributed by atoms with Gasteiger partial charge in [0, 0.05) is 10.4 Å². The lowest BCUT2D eigenvalue weighted by molar-refractivity contribution is 0.0951. The van der Waals surface area contributed by atoms with E-state index in [1.54, 1.807) is 30.4 Å². The summed E-state index contributed by atoms with van der Waals surface area (Å²) in [5.74, 6) is -0.0104. The number of benzene rings is 1. The molecule has 0 spiro atoms. The molecule has 2 N–H and O–H groups in total. The third kappa shape index (κ3) is 3.15. The van der Waals surface area contributed by atoms with Gasteiger partial charge in [0.15, 0.2) is 0 Å². The molecule has 2 aromatic rings. The highest BCUT2D eigenvalue weighted by Crippen LogP contribution is 2.19. The molecule has 0 saturated heterocycles. The molecule has 0 aliphatic rings.